The van der Waals surface area contributed by atoms with Crippen LogP contribution < -0.4 is 0 Å². The number of aryl methyl sites for hydroxylation is 3. The summed E-state index contributed by atoms with van der Waals surface area (Å²) in [4.78, 5) is 12.3. The molecule has 1 aromatic heterocycles. The van der Waals surface area contributed by atoms with Gasteiger partial charge in [-0.3, -0.25) is 0 Å². The lowest BCUT2D eigenvalue weighted by Crippen LogP contribution is -2.50. The summed E-state index contributed by atoms with van der Waals surface area (Å²) in [6.45, 7) is 2.94. The van der Waals surface area contributed by atoms with Crippen molar-refractivity contribution in [3.05, 3.63) is 57.4 Å². The van der Waals surface area contributed by atoms with E-state index < -0.39 is 26.0 Å². The van der Waals surface area contributed by atoms with Crippen LogP contribution in [-0.2, 0) is 31.2 Å². The molecular weight excluding hydrogens is 468 g/mol. The standard InChI is InChI=1S/C22H26N2O7S2/c1-15-20(22(25)30-3)21(16(2)31-15)33(28,29)24-12-10-23(11-13-24)32(26,27)19-9-8-17-6-4-5-7-18(17)14-19/h4-7,14H,8-13H2,1-3H3. The normalized spacial score (nSPS) is 18.0. The van der Waals surface area contributed by atoms with Gasteiger partial charge in [0.25, 0.3) is 0 Å². The van der Waals surface area contributed by atoms with Crippen LogP contribution in [0.1, 0.15) is 39.4 Å². The van der Waals surface area contributed by atoms with Gasteiger partial charge >= 0.3 is 5.97 Å². The number of allylic oxidation sites excluding steroid dienone is 1. The van der Waals surface area contributed by atoms with E-state index in [-0.39, 0.29) is 48.2 Å². The SMILES string of the molecule is COC(=O)c1c(C)oc(C)c1S(=O)(=O)N1CCN(S(=O)(=O)C2=Cc3ccccc3CC2)CC1. The van der Waals surface area contributed by atoms with Gasteiger partial charge in [0, 0.05) is 26.2 Å². The van der Waals surface area contributed by atoms with Crippen LogP contribution in [0.25, 0.3) is 6.08 Å². The molecule has 1 saturated heterocycles. The molecule has 1 fully saturated rings. The number of carbonyl (C=O) groups excluding carboxylic acids is 1. The van der Waals surface area contributed by atoms with Gasteiger partial charge in [0.2, 0.25) is 20.0 Å². The minimum Gasteiger partial charge on any atom is -0.465 e. The molecule has 0 unspecified atom stereocenters. The van der Waals surface area contributed by atoms with Gasteiger partial charge in [-0.1, -0.05) is 24.3 Å². The molecule has 1 aromatic carbocycles. The third-order valence-electron chi connectivity index (χ3n) is 6.07. The highest BCUT2D eigenvalue weighted by atomic mass is 32.2. The first-order valence-electron chi connectivity index (χ1n) is 10.5. The molecule has 178 valence electrons. The molecule has 1 aliphatic heterocycles. The Hall–Kier alpha value is -2.47. The van der Waals surface area contributed by atoms with Gasteiger partial charge < -0.3 is 9.15 Å². The van der Waals surface area contributed by atoms with Crippen LogP contribution in [0.5, 0.6) is 0 Å². The minimum absolute atomic E-state index is 0.0178. The number of furan rings is 1. The monoisotopic (exact) mass is 494 g/mol. The predicted molar refractivity (Wildman–Crippen MR) is 122 cm³/mol. The zero-order valence-electron chi connectivity index (χ0n) is 18.7. The van der Waals surface area contributed by atoms with Crippen molar-refractivity contribution in [3.63, 3.8) is 0 Å². The van der Waals surface area contributed by atoms with Crippen molar-refractivity contribution < 1.29 is 30.8 Å². The maximum atomic E-state index is 13.3. The van der Waals surface area contributed by atoms with Crippen molar-refractivity contribution in [2.45, 2.75) is 31.6 Å². The molecule has 4 rings (SSSR count). The molecule has 11 heteroatoms. The van der Waals surface area contributed by atoms with Gasteiger partial charge in [0.15, 0.2) is 0 Å². The number of benzene rings is 1. The van der Waals surface area contributed by atoms with E-state index in [2.05, 4.69) is 0 Å². The van der Waals surface area contributed by atoms with Crippen molar-refractivity contribution in [1.82, 2.24) is 8.61 Å². The van der Waals surface area contributed by atoms with Crippen molar-refractivity contribution >= 4 is 32.1 Å². The number of piperazine rings is 1. The van der Waals surface area contributed by atoms with E-state index in [4.69, 9.17) is 9.15 Å². The number of hydrogen-bond acceptors (Lipinski definition) is 7. The highest BCUT2D eigenvalue weighted by Gasteiger charge is 2.39. The van der Waals surface area contributed by atoms with Crippen LogP contribution in [0.15, 0.2) is 38.5 Å². The molecule has 0 saturated carbocycles. The van der Waals surface area contributed by atoms with Crippen molar-refractivity contribution in [2.24, 2.45) is 0 Å². The lowest BCUT2D eigenvalue weighted by atomic mass is 9.98. The summed E-state index contributed by atoms with van der Waals surface area (Å²) in [5, 5.41) is 0. The maximum absolute atomic E-state index is 13.3. The number of ether oxygens (including phenoxy) is 1. The van der Waals surface area contributed by atoms with Crippen LogP contribution in [0.3, 0.4) is 0 Å². The zero-order chi connectivity index (χ0) is 24.0. The Bertz CT molecular complexity index is 1330. The average Bonchev–Trinajstić information content (AvgIpc) is 3.12. The summed E-state index contributed by atoms with van der Waals surface area (Å²) in [5.74, 6) is -0.550. The number of rotatable bonds is 5. The predicted octanol–water partition coefficient (Wildman–Crippen LogP) is 2.31. The van der Waals surface area contributed by atoms with Gasteiger partial charge in [0.05, 0.1) is 12.0 Å². The van der Waals surface area contributed by atoms with Gasteiger partial charge in [-0.15, -0.1) is 0 Å². The molecule has 0 bridgehead atoms. The fourth-order valence-corrected chi connectivity index (χ4v) is 7.77. The molecule has 2 heterocycles. The third-order valence-corrected chi connectivity index (χ3v) is 10.2. The molecule has 0 N–H and O–H groups in total. The van der Waals surface area contributed by atoms with Gasteiger partial charge in [-0.05, 0) is 43.9 Å². The van der Waals surface area contributed by atoms with Crippen LogP contribution in [-0.4, -0.2) is 64.7 Å². The first-order valence-corrected chi connectivity index (χ1v) is 13.4. The van der Waals surface area contributed by atoms with Crippen LogP contribution in [0.2, 0.25) is 0 Å². The summed E-state index contributed by atoms with van der Waals surface area (Å²) < 4.78 is 65.8. The molecule has 0 atom stereocenters. The number of methoxy groups -OCH3 is 1. The Balaban J connectivity index is 1.55. The zero-order valence-corrected chi connectivity index (χ0v) is 20.3. The Morgan fingerprint density at radius 3 is 2.15 bits per heavy atom. The van der Waals surface area contributed by atoms with E-state index in [1.165, 1.54) is 29.6 Å². The summed E-state index contributed by atoms with van der Waals surface area (Å²) >= 11 is 0. The number of hydrogen-bond donors (Lipinski definition) is 0. The van der Waals surface area contributed by atoms with Crippen molar-refractivity contribution in [2.75, 3.05) is 33.3 Å². The highest BCUT2D eigenvalue weighted by Crippen LogP contribution is 2.32. The smallest absolute Gasteiger partial charge is 0.342 e. The fraction of sp³-hybridized carbons (Fsp3) is 0.409. The topological polar surface area (TPSA) is 114 Å². The van der Waals surface area contributed by atoms with E-state index >= 15 is 0 Å². The van der Waals surface area contributed by atoms with E-state index in [0.29, 0.717) is 17.7 Å². The summed E-state index contributed by atoms with van der Waals surface area (Å²) in [5.41, 5.74) is 1.88. The quantitative estimate of drug-likeness (QED) is 0.586. The molecule has 33 heavy (non-hydrogen) atoms. The van der Waals surface area contributed by atoms with Gasteiger partial charge in [-0.2, -0.15) is 8.61 Å². The summed E-state index contributed by atoms with van der Waals surface area (Å²) in [6.07, 6.45) is 2.76. The molecular formula is C22H26N2O7S2. The summed E-state index contributed by atoms with van der Waals surface area (Å²) in [7, 11) is -6.63. The lowest BCUT2D eigenvalue weighted by molar-refractivity contribution is 0.0594. The second-order valence-electron chi connectivity index (χ2n) is 8.03. The second-order valence-corrected chi connectivity index (χ2v) is 11.9. The Morgan fingerprint density at radius 1 is 0.909 bits per heavy atom. The van der Waals surface area contributed by atoms with Crippen molar-refractivity contribution in [1.29, 1.82) is 0 Å². The van der Waals surface area contributed by atoms with Gasteiger partial charge in [-0.25, -0.2) is 21.6 Å². The molecule has 9 nitrogen and oxygen atoms in total. The Morgan fingerprint density at radius 2 is 1.52 bits per heavy atom. The number of carbonyl (C=O) groups is 1. The molecule has 0 amide bonds. The molecule has 2 aliphatic rings. The van der Waals surface area contributed by atoms with Crippen molar-refractivity contribution in [3.8, 4) is 0 Å². The number of sulfonamides is 2. The maximum Gasteiger partial charge on any atom is 0.342 e. The first kappa shape index (κ1) is 23.7. The largest absolute Gasteiger partial charge is 0.465 e. The first-order chi connectivity index (χ1) is 15.6. The third kappa shape index (κ3) is 4.14. The molecule has 0 spiro atoms. The highest BCUT2D eigenvalue weighted by molar-refractivity contribution is 7.93. The summed E-state index contributed by atoms with van der Waals surface area (Å²) in [6, 6.07) is 7.68. The number of esters is 1. The Labute approximate surface area is 193 Å². The van der Waals surface area contributed by atoms with E-state index in [1.54, 1.807) is 6.08 Å². The van der Waals surface area contributed by atoms with E-state index in [9.17, 15) is 21.6 Å². The minimum atomic E-state index is -4.09. The molecule has 1 aliphatic carbocycles. The van der Waals surface area contributed by atoms with Crippen LogP contribution in [0.4, 0.5) is 0 Å². The average molecular weight is 495 g/mol. The van der Waals surface area contributed by atoms with Crippen LogP contribution >= 0.6 is 0 Å². The van der Waals surface area contributed by atoms with Crippen LogP contribution in [0, 0.1) is 13.8 Å². The Kier molecular flexibility index (Phi) is 6.25. The van der Waals surface area contributed by atoms with E-state index in [1.807, 2.05) is 24.3 Å². The lowest BCUT2D eigenvalue weighted by Gasteiger charge is -2.34. The number of nitrogens with zero attached hydrogens (tertiary/aromatic N) is 2. The molecule has 2 aromatic rings. The molecule has 0 radical (unpaired) electrons. The van der Waals surface area contributed by atoms with E-state index in [0.717, 1.165) is 11.1 Å². The fourth-order valence-electron chi connectivity index (χ4n) is 4.37. The second kappa shape index (κ2) is 8.71. The van der Waals surface area contributed by atoms with Gasteiger partial charge in [0.1, 0.15) is 22.0 Å². The number of fused-ring (bicyclic) bond motifs is 1.